The molecule has 0 atom stereocenters. The minimum Gasteiger partial charge on any atom is -0.357 e. The molecule has 33 heavy (non-hydrogen) atoms. The van der Waals surface area contributed by atoms with E-state index >= 15 is 0 Å². The first-order chi connectivity index (χ1) is 16.0. The van der Waals surface area contributed by atoms with E-state index in [4.69, 9.17) is 0 Å². The Kier molecular flexibility index (Phi) is 5.50. The number of rotatable bonds is 7. The summed E-state index contributed by atoms with van der Waals surface area (Å²) in [6.07, 6.45) is 4.12. The maximum Gasteiger partial charge on any atom is 0.270 e. The van der Waals surface area contributed by atoms with Gasteiger partial charge in [0.15, 0.2) is 0 Å². The zero-order valence-corrected chi connectivity index (χ0v) is 19.1. The Bertz CT molecular complexity index is 1370. The molecule has 1 fully saturated rings. The van der Waals surface area contributed by atoms with Crippen molar-refractivity contribution in [2.24, 2.45) is 5.41 Å². The first-order valence-electron chi connectivity index (χ1n) is 11.6. The van der Waals surface area contributed by atoms with Crippen LogP contribution in [0.5, 0.6) is 0 Å². The highest BCUT2D eigenvalue weighted by Crippen LogP contribution is 2.37. The highest BCUT2D eigenvalue weighted by atomic mass is 16.2. The van der Waals surface area contributed by atoms with E-state index in [9.17, 15) is 9.59 Å². The third-order valence-electron chi connectivity index (χ3n) is 7.01. The van der Waals surface area contributed by atoms with E-state index < -0.39 is 0 Å². The number of likely N-dealkylation sites (tertiary alicyclic amines) is 1. The van der Waals surface area contributed by atoms with Gasteiger partial charge in [-0.25, -0.2) is 4.98 Å². The molecule has 0 bridgehead atoms. The fourth-order valence-corrected chi connectivity index (χ4v) is 4.82. The van der Waals surface area contributed by atoms with Gasteiger partial charge in [0, 0.05) is 49.7 Å². The topological polar surface area (TPSA) is 82.5 Å². The number of carbonyl (C=O) groups excluding carboxylic acids is 1. The Balaban J connectivity index is 1.24. The number of carbonyl (C=O) groups is 1. The molecule has 170 valence electrons. The number of fused-ring (bicyclic) bond motifs is 2. The van der Waals surface area contributed by atoms with Gasteiger partial charge in [0.2, 0.25) is 0 Å². The van der Waals surface area contributed by atoms with Crippen LogP contribution in [0.2, 0.25) is 0 Å². The van der Waals surface area contributed by atoms with Gasteiger partial charge in [-0.15, -0.1) is 0 Å². The molecule has 0 saturated carbocycles. The highest BCUT2D eigenvalue weighted by Gasteiger charge is 2.39. The number of H-pyrrole nitrogens is 1. The van der Waals surface area contributed by atoms with Gasteiger partial charge in [-0.05, 0) is 53.5 Å². The first kappa shape index (κ1) is 21.4. The van der Waals surface area contributed by atoms with Crippen molar-refractivity contribution in [3.63, 3.8) is 0 Å². The van der Waals surface area contributed by atoms with Crippen molar-refractivity contribution >= 4 is 22.5 Å². The summed E-state index contributed by atoms with van der Waals surface area (Å²) in [5.41, 5.74) is 4.07. The summed E-state index contributed by atoms with van der Waals surface area (Å²) in [5.74, 6) is -0.362. The molecule has 7 nitrogen and oxygen atoms in total. The van der Waals surface area contributed by atoms with Crippen LogP contribution in [-0.4, -0.2) is 38.3 Å². The van der Waals surface area contributed by atoms with Gasteiger partial charge in [0.25, 0.3) is 11.5 Å². The van der Waals surface area contributed by atoms with E-state index in [0.29, 0.717) is 17.6 Å². The van der Waals surface area contributed by atoms with Gasteiger partial charge >= 0.3 is 0 Å². The second kappa shape index (κ2) is 8.48. The van der Waals surface area contributed by atoms with Crippen LogP contribution >= 0.6 is 0 Å². The average Bonchev–Trinajstić information content (AvgIpc) is 3.21. The van der Waals surface area contributed by atoms with Gasteiger partial charge in [0.1, 0.15) is 11.3 Å². The third kappa shape index (κ3) is 4.16. The van der Waals surface area contributed by atoms with Gasteiger partial charge in [-0.1, -0.05) is 32.0 Å². The zero-order valence-electron chi connectivity index (χ0n) is 19.1. The highest BCUT2D eigenvalue weighted by molar-refractivity contribution is 5.92. The molecular formula is C26H29N5O2. The largest absolute Gasteiger partial charge is 0.357 e. The summed E-state index contributed by atoms with van der Waals surface area (Å²) in [6, 6.07) is 14.9. The fraction of sp³-hybridized carbons (Fsp3) is 0.346. The van der Waals surface area contributed by atoms with Crippen molar-refractivity contribution < 1.29 is 4.79 Å². The lowest BCUT2D eigenvalue weighted by Crippen LogP contribution is -2.54. The number of benzene rings is 1. The molecule has 1 amide bonds. The van der Waals surface area contributed by atoms with Crippen LogP contribution < -0.4 is 10.9 Å². The summed E-state index contributed by atoms with van der Waals surface area (Å²) < 4.78 is 1.41. The normalized spacial score (nSPS) is 15.6. The quantitative estimate of drug-likeness (QED) is 0.456. The van der Waals surface area contributed by atoms with E-state index in [1.54, 1.807) is 24.4 Å². The van der Waals surface area contributed by atoms with Crippen LogP contribution in [0.25, 0.3) is 16.6 Å². The van der Waals surface area contributed by atoms with Crippen molar-refractivity contribution in [1.29, 1.82) is 0 Å². The monoisotopic (exact) mass is 443 g/mol. The van der Waals surface area contributed by atoms with E-state index in [1.165, 1.54) is 47.5 Å². The van der Waals surface area contributed by atoms with Crippen LogP contribution in [0.3, 0.4) is 0 Å². The maximum atomic E-state index is 12.6. The van der Waals surface area contributed by atoms with Crippen LogP contribution in [0.4, 0.5) is 0 Å². The summed E-state index contributed by atoms with van der Waals surface area (Å²) >= 11 is 0. The van der Waals surface area contributed by atoms with Crippen LogP contribution in [0.15, 0.2) is 59.5 Å². The van der Waals surface area contributed by atoms with Crippen LogP contribution in [0, 0.1) is 5.41 Å². The Hall–Kier alpha value is -3.45. The molecule has 1 aliphatic rings. The number of nitrogens with zero attached hydrogens (tertiary/aromatic N) is 3. The molecule has 0 radical (unpaired) electrons. The predicted molar refractivity (Wildman–Crippen MR) is 129 cm³/mol. The number of nitrogens with one attached hydrogen (secondary N) is 2. The van der Waals surface area contributed by atoms with E-state index in [2.05, 4.69) is 52.2 Å². The van der Waals surface area contributed by atoms with Crippen molar-refractivity contribution in [2.45, 2.75) is 39.8 Å². The van der Waals surface area contributed by atoms with Crippen molar-refractivity contribution in [2.75, 3.05) is 13.1 Å². The van der Waals surface area contributed by atoms with E-state index in [-0.39, 0.29) is 17.2 Å². The number of aromatic amines is 1. The summed E-state index contributed by atoms with van der Waals surface area (Å²) in [4.78, 5) is 35.2. The Morgan fingerprint density at radius 3 is 2.73 bits per heavy atom. The van der Waals surface area contributed by atoms with Crippen LogP contribution in [-0.2, 0) is 13.1 Å². The molecule has 0 unspecified atom stereocenters. The van der Waals surface area contributed by atoms with Crippen molar-refractivity contribution in [1.82, 2.24) is 24.6 Å². The minimum absolute atomic E-state index is 0.124. The molecule has 4 heterocycles. The molecule has 1 aromatic carbocycles. The van der Waals surface area contributed by atoms with Gasteiger partial charge < -0.3 is 10.3 Å². The third-order valence-corrected chi connectivity index (χ3v) is 7.01. The molecule has 0 spiro atoms. The molecular weight excluding hydrogens is 414 g/mol. The predicted octanol–water partition coefficient (Wildman–Crippen LogP) is 3.73. The number of hydrogen-bond acceptors (Lipinski definition) is 4. The standard InChI is InChI=1S/C26H29N5O2/c1-3-26(4-2)16-30(17-26)15-20-12-19-9-8-18(11-21(19)28-20)14-27-25(33)22-13-24(32)31-10-6-5-7-23(31)29-22/h5-13,28H,3-4,14-17H2,1-2H3,(H,27,33). The molecule has 2 N–H and O–H groups in total. The SMILES string of the molecule is CCC1(CC)CN(Cc2cc3ccc(CNC(=O)c4cc(=O)n5ccccc5n4)cc3[nH]2)C1. The number of amides is 1. The Labute approximate surface area is 192 Å². The summed E-state index contributed by atoms with van der Waals surface area (Å²) in [5, 5.41) is 4.05. The minimum atomic E-state index is -0.362. The lowest BCUT2D eigenvalue weighted by molar-refractivity contribution is -0.0126. The fourth-order valence-electron chi connectivity index (χ4n) is 4.82. The molecule has 0 aliphatic carbocycles. The molecule has 4 aromatic rings. The Morgan fingerprint density at radius 1 is 1.12 bits per heavy atom. The van der Waals surface area contributed by atoms with Crippen molar-refractivity contribution in [3.8, 4) is 0 Å². The lowest BCUT2D eigenvalue weighted by atomic mass is 9.75. The zero-order chi connectivity index (χ0) is 23.0. The van der Waals surface area contributed by atoms with Crippen LogP contribution in [0.1, 0.15) is 48.4 Å². The lowest BCUT2D eigenvalue weighted by Gasteiger charge is -2.49. The molecule has 7 heteroatoms. The molecule has 1 aliphatic heterocycles. The number of hydrogen-bond donors (Lipinski definition) is 2. The summed E-state index contributed by atoms with van der Waals surface area (Å²) in [7, 11) is 0. The Morgan fingerprint density at radius 2 is 1.94 bits per heavy atom. The summed E-state index contributed by atoms with van der Waals surface area (Å²) in [6.45, 7) is 8.21. The van der Waals surface area contributed by atoms with Gasteiger partial charge in [0.05, 0.1) is 0 Å². The molecule has 1 saturated heterocycles. The first-order valence-corrected chi connectivity index (χ1v) is 11.6. The van der Waals surface area contributed by atoms with Gasteiger partial charge in [-0.3, -0.25) is 18.9 Å². The second-order valence-electron chi connectivity index (χ2n) is 9.16. The second-order valence-corrected chi connectivity index (χ2v) is 9.16. The smallest absolute Gasteiger partial charge is 0.270 e. The average molecular weight is 444 g/mol. The number of aromatic nitrogens is 3. The maximum absolute atomic E-state index is 12.6. The number of pyridine rings is 1. The molecule has 3 aromatic heterocycles. The van der Waals surface area contributed by atoms with Gasteiger partial charge in [-0.2, -0.15) is 0 Å². The molecule has 5 rings (SSSR count). The van der Waals surface area contributed by atoms with Crippen molar-refractivity contribution in [3.05, 3.63) is 82.0 Å². The van der Waals surface area contributed by atoms with E-state index in [0.717, 1.165) is 17.6 Å². The van der Waals surface area contributed by atoms with E-state index in [1.807, 2.05) is 6.07 Å².